The first-order valence-corrected chi connectivity index (χ1v) is 7.25. The summed E-state index contributed by atoms with van der Waals surface area (Å²) in [6.45, 7) is 2.92. The van der Waals surface area contributed by atoms with E-state index in [0.29, 0.717) is 18.2 Å². The van der Waals surface area contributed by atoms with Crippen molar-refractivity contribution in [3.8, 4) is 5.75 Å². The summed E-state index contributed by atoms with van der Waals surface area (Å²) in [4.78, 5) is 2.57. The molecule has 1 rings (SSSR count). The number of rotatable bonds is 10. The maximum atomic E-state index is 5.84. The van der Waals surface area contributed by atoms with Gasteiger partial charge in [0.15, 0.2) is 0 Å². The van der Waals surface area contributed by atoms with Crippen LogP contribution in [0.3, 0.4) is 0 Å². The predicted molar refractivity (Wildman–Crippen MR) is 89.5 cm³/mol. The van der Waals surface area contributed by atoms with Crippen molar-refractivity contribution in [2.45, 2.75) is 6.42 Å². The second-order valence-electron chi connectivity index (χ2n) is 4.57. The van der Waals surface area contributed by atoms with Crippen LogP contribution in [0.15, 0.2) is 18.2 Å². The molecule has 0 bridgehead atoms. The van der Waals surface area contributed by atoms with E-state index in [1.165, 1.54) is 0 Å². The van der Waals surface area contributed by atoms with Gasteiger partial charge in [-0.05, 0) is 18.6 Å². The lowest BCUT2D eigenvalue weighted by Gasteiger charge is -2.27. The molecule has 0 fully saturated rings. The third-order valence-corrected chi connectivity index (χ3v) is 3.37. The van der Waals surface area contributed by atoms with Gasteiger partial charge in [-0.25, -0.2) is 0 Å². The van der Waals surface area contributed by atoms with Crippen molar-refractivity contribution in [2.75, 3.05) is 52.5 Å². The minimum absolute atomic E-state index is 0.377. The summed E-state index contributed by atoms with van der Waals surface area (Å²) in [5.74, 6) is 0.777. The van der Waals surface area contributed by atoms with Crippen LogP contribution in [-0.4, -0.2) is 52.6 Å². The maximum absolute atomic E-state index is 5.84. The molecule has 21 heavy (non-hydrogen) atoms. The molecular weight excluding hydrogens is 288 g/mol. The van der Waals surface area contributed by atoms with Crippen molar-refractivity contribution in [3.05, 3.63) is 23.8 Å². The van der Waals surface area contributed by atoms with E-state index in [2.05, 4.69) is 4.90 Å². The van der Waals surface area contributed by atoms with Crippen LogP contribution >= 0.6 is 12.2 Å². The van der Waals surface area contributed by atoms with E-state index in [9.17, 15) is 0 Å². The molecule has 0 aliphatic heterocycles. The second kappa shape index (κ2) is 9.55. The van der Waals surface area contributed by atoms with Gasteiger partial charge in [-0.2, -0.15) is 0 Å². The molecule has 0 radical (unpaired) electrons. The lowest BCUT2D eigenvalue weighted by atomic mass is 10.1. The van der Waals surface area contributed by atoms with Crippen LogP contribution in [0, 0.1) is 0 Å². The SMILES string of the molecule is COCCCN(CCOC)c1cc(OC)ccc1C(N)=S. The van der Waals surface area contributed by atoms with Gasteiger partial charge < -0.3 is 24.8 Å². The molecule has 0 saturated heterocycles. The second-order valence-corrected chi connectivity index (χ2v) is 5.01. The van der Waals surface area contributed by atoms with Crippen molar-refractivity contribution in [2.24, 2.45) is 5.73 Å². The lowest BCUT2D eigenvalue weighted by molar-refractivity contribution is 0.191. The molecule has 6 heteroatoms. The Hall–Kier alpha value is -1.37. The minimum atomic E-state index is 0.377. The van der Waals surface area contributed by atoms with Gasteiger partial charge in [-0.15, -0.1) is 0 Å². The number of nitrogens with two attached hydrogens (primary N) is 1. The summed E-state index contributed by atoms with van der Waals surface area (Å²) in [5.41, 5.74) is 7.65. The van der Waals surface area contributed by atoms with Gasteiger partial charge in [-0.1, -0.05) is 12.2 Å². The van der Waals surface area contributed by atoms with Gasteiger partial charge >= 0.3 is 0 Å². The molecule has 118 valence electrons. The Balaban J connectivity index is 3.03. The zero-order chi connectivity index (χ0) is 15.7. The molecule has 0 atom stereocenters. The van der Waals surface area contributed by atoms with Crippen LogP contribution in [0.2, 0.25) is 0 Å². The highest BCUT2D eigenvalue weighted by Crippen LogP contribution is 2.26. The highest BCUT2D eigenvalue weighted by molar-refractivity contribution is 7.80. The van der Waals surface area contributed by atoms with E-state index in [1.807, 2.05) is 18.2 Å². The number of ether oxygens (including phenoxy) is 3. The molecule has 0 amide bonds. The van der Waals surface area contributed by atoms with Crippen LogP contribution in [-0.2, 0) is 9.47 Å². The van der Waals surface area contributed by atoms with Crippen molar-refractivity contribution in [1.82, 2.24) is 0 Å². The number of benzene rings is 1. The first-order valence-electron chi connectivity index (χ1n) is 6.84. The summed E-state index contributed by atoms with van der Waals surface area (Å²) in [5, 5.41) is 0. The van der Waals surface area contributed by atoms with E-state index in [4.69, 9.17) is 32.2 Å². The summed E-state index contributed by atoms with van der Waals surface area (Å²) in [6, 6.07) is 5.71. The number of anilines is 1. The molecule has 0 aromatic heterocycles. The minimum Gasteiger partial charge on any atom is -0.497 e. The molecule has 2 N–H and O–H groups in total. The Morgan fingerprint density at radius 2 is 1.86 bits per heavy atom. The third kappa shape index (κ3) is 5.49. The van der Waals surface area contributed by atoms with Crippen molar-refractivity contribution >= 4 is 22.9 Å². The molecule has 0 aliphatic rings. The fourth-order valence-corrected chi connectivity index (χ4v) is 2.23. The Bertz CT molecular complexity index is 455. The van der Waals surface area contributed by atoms with Crippen LogP contribution < -0.4 is 15.4 Å². The first kappa shape index (κ1) is 17.7. The van der Waals surface area contributed by atoms with E-state index >= 15 is 0 Å². The van der Waals surface area contributed by atoms with Gasteiger partial charge in [0.1, 0.15) is 10.7 Å². The molecule has 5 nitrogen and oxygen atoms in total. The average Bonchev–Trinajstić information content (AvgIpc) is 2.50. The molecule has 1 aromatic carbocycles. The van der Waals surface area contributed by atoms with Gasteiger partial charge in [0.25, 0.3) is 0 Å². The molecular formula is C15H24N2O3S. The number of methoxy groups -OCH3 is 3. The van der Waals surface area contributed by atoms with Gasteiger partial charge in [0, 0.05) is 45.5 Å². The quantitative estimate of drug-likeness (QED) is 0.525. The van der Waals surface area contributed by atoms with Gasteiger partial charge in [0.2, 0.25) is 0 Å². The highest BCUT2D eigenvalue weighted by Gasteiger charge is 2.14. The molecule has 0 aliphatic carbocycles. The molecule has 0 heterocycles. The molecule has 1 aromatic rings. The zero-order valence-corrected chi connectivity index (χ0v) is 13.7. The topological polar surface area (TPSA) is 57.0 Å². The first-order chi connectivity index (χ1) is 10.1. The fourth-order valence-electron chi connectivity index (χ4n) is 2.06. The summed E-state index contributed by atoms with van der Waals surface area (Å²) in [7, 11) is 5.03. The molecule has 0 saturated carbocycles. The third-order valence-electron chi connectivity index (χ3n) is 3.15. The Morgan fingerprint density at radius 1 is 1.14 bits per heavy atom. The summed E-state index contributed by atoms with van der Waals surface area (Å²) in [6.07, 6.45) is 0.911. The number of hydrogen-bond donors (Lipinski definition) is 1. The van der Waals surface area contributed by atoms with Crippen molar-refractivity contribution in [1.29, 1.82) is 0 Å². The van der Waals surface area contributed by atoms with Crippen LogP contribution in [0.25, 0.3) is 0 Å². The van der Waals surface area contributed by atoms with E-state index in [-0.39, 0.29) is 0 Å². The normalized spacial score (nSPS) is 10.4. The number of nitrogens with zero attached hydrogens (tertiary/aromatic N) is 1. The number of thiocarbonyl (C=S) groups is 1. The standard InChI is InChI=1S/C15H24N2O3S/c1-18-9-4-7-17(8-10-19-2)14-11-12(20-3)5-6-13(14)15(16)21/h5-6,11H,4,7-10H2,1-3H3,(H2,16,21). The van der Waals surface area contributed by atoms with Crippen molar-refractivity contribution in [3.63, 3.8) is 0 Å². The Kier molecular flexibility index (Phi) is 8.04. The maximum Gasteiger partial charge on any atom is 0.120 e. The van der Waals surface area contributed by atoms with E-state index in [1.54, 1.807) is 21.3 Å². The average molecular weight is 312 g/mol. The van der Waals surface area contributed by atoms with Crippen molar-refractivity contribution < 1.29 is 14.2 Å². The Labute approximate surface area is 132 Å². The van der Waals surface area contributed by atoms with Crippen LogP contribution in [0.4, 0.5) is 5.69 Å². The zero-order valence-electron chi connectivity index (χ0n) is 12.9. The monoisotopic (exact) mass is 312 g/mol. The van der Waals surface area contributed by atoms with Crippen LogP contribution in [0.5, 0.6) is 5.75 Å². The summed E-state index contributed by atoms with van der Waals surface area (Å²) >= 11 is 5.15. The Morgan fingerprint density at radius 3 is 2.43 bits per heavy atom. The van der Waals surface area contributed by atoms with E-state index in [0.717, 1.165) is 36.5 Å². The smallest absolute Gasteiger partial charge is 0.120 e. The molecule has 0 spiro atoms. The lowest BCUT2D eigenvalue weighted by Crippen LogP contribution is -2.31. The predicted octanol–water partition coefficient (Wildman–Crippen LogP) is 1.82. The fraction of sp³-hybridized carbons (Fsp3) is 0.533. The largest absolute Gasteiger partial charge is 0.497 e. The van der Waals surface area contributed by atoms with Gasteiger partial charge in [-0.3, -0.25) is 0 Å². The number of hydrogen-bond acceptors (Lipinski definition) is 5. The van der Waals surface area contributed by atoms with E-state index < -0.39 is 0 Å². The summed E-state index contributed by atoms with van der Waals surface area (Å²) < 4.78 is 15.6. The molecule has 0 unspecified atom stereocenters. The highest BCUT2D eigenvalue weighted by atomic mass is 32.1. The van der Waals surface area contributed by atoms with Gasteiger partial charge in [0.05, 0.1) is 19.4 Å². The van der Waals surface area contributed by atoms with Crippen LogP contribution in [0.1, 0.15) is 12.0 Å².